The number of nitrogens with zero attached hydrogens (tertiary/aromatic N) is 1. The lowest BCUT2D eigenvalue weighted by molar-refractivity contribution is -0.133. The first-order valence-corrected chi connectivity index (χ1v) is 13.1. The number of hydrogen-bond donors (Lipinski definition) is 1. The second kappa shape index (κ2) is 9.64. The Kier molecular flexibility index (Phi) is 7.02. The fraction of sp³-hybridized carbons (Fsp3) is 0.500. The Labute approximate surface area is 192 Å². The highest BCUT2D eigenvalue weighted by atomic mass is 32.2. The molecule has 180 valence electrons. The van der Waals surface area contributed by atoms with Gasteiger partial charge < -0.3 is 10.1 Å². The number of likely N-dealkylation sites (tertiary alicyclic amines) is 1. The van der Waals surface area contributed by atoms with Gasteiger partial charge in [0.05, 0.1) is 17.4 Å². The van der Waals surface area contributed by atoms with Crippen LogP contribution in [-0.4, -0.2) is 57.5 Å². The standard InChI is InChI=1S/C24H29F3N2O3S/c1-33(30,31)20-10-8-19(9-11-20)32-23-21-7-3-2-5-17(21)15-22(23)29-14-4-6-18(16-29)28-13-12-24(25,26)27/h2-3,5,7-11,18,22-23,28H,4,6,12-16H2,1H3/t18-,22+,23-/m1/s1. The van der Waals surface area contributed by atoms with Gasteiger partial charge in [-0.1, -0.05) is 24.3 Å². The van der Waals surface area contributed by atoms with Crippen molar-refractivity contribution in [3.05, 3.63) is 59.7 Å². The molecule has 0 amide bonds. The Hall–Kier alpha value is -2.10. The molecule has 33 heavy (non-hydrogen) atoms. The van der Waals surface area contributed by atoms with Crippen LogP contribution in [0.2, 0.25) is 0 Å². The Morgan fingerprint density at radius 3 is 2.55 bits per heavy atom. The summed E-state index contributed by atoms with van der Waals surface area (Å²) in [5.74, 6) is 0.589. The average Bonchev–Trinajstić information content (AvgIpc) is 3.11. The van der Waals surface area contributed by atoms with Crippen molar-refractivity contribution in [1.82, 2.24) is 10.2 Å². The number of nitrogens with one attached hydrogen (secondary N) is 1. The van der Waals surface area contributed by atoms with E-state index in [1.54, 1.807) is 24.3 Å². The van der Waals surface area contributed by atoms with Gasteiger partial charge in [-0.3, -0.25) is 4.90 Å². The zero-order valence-electron chi connectivity index (χ0n) is 18.5. The number of hydrogen-bond acceptors (Lipinski definition) is 5. The van der Waals surface area contributed by atoms with Crippen molar-refractivity contribution in [3.8, 4) is 5.75 Å². The van der Waals surface area contributed by atoms with E-state index in [0.717, 1.165) is 31.4 Å². The molecule has 1 aliphatic heterocycles. The summed E-state index contributed by atoms with van der Waals surface area (Å²) in [6.07, 6.45) is -1.48. The van der Waals surface area contributed by atoms with Gasteiger partial charge in [0.15, 0.2) is 9.84 Å². The first-order valence-electron chi connectivity index (χ1n) is 11.2. The normalized spacial score (nSPS) is 23.9. The van der Waals surface area contributed by atoms with E-state index >= 15 is 0 Å². The molecule has 1 heterocycles. The average molecular weight is 483 g/mol. The highest BCUT2D eigenvalue weighted by Gasteiger charge is 2.39. The van der Waals surface area contributed by atoms with E-state index in [1.807, 2.05) is 18.2 Å². The fourth-order valence-electron chi connectivity index (χ4n) is 4.80. The minimum atomic E-state index is -4.15. The number of benzene rings is 2. The molecule has 0 radical (unpaired) electrons. The van der Waals surface area contributed by atoms with Crippen molar-refractivity contribution in [2.75, 3.05) is 25.9 Å². The highest BCUT2D eigenvalue weighted by molar-refractivity contribution is 7.90. The highest BCUT2D eigenvalue weighted by Crippen LogP contribution is 2.39. The second-order valence-electron chi connectivity index (χ2n) is 8.91. The number of piperidine rings is 1. The van der Waals surface area contributed by atoms with Gasteiger partial charge in [-0.15, -0.1) is 0 Å². The van der Waals surface area contributed by atoms with Crippen molar-refractivity contribution in [2.24, 2.45) is 0 Å². The predicted octanol–water partition coefficient (Wildman–Crippen LogP) is 4.14. The van der Waals surface area contributed by atoms with Gasteiger partial charge >= 0.3 is 6.18 Å². The first kappa shape index (κ1) is 24.0. The van der Waals surface area contributed by atoms with Gasteiger partial charge in [0.2, 0.25) is 0 Å². The number of ether oxygens (including phenoxy) is 1. The summed E-state index contributed by atoms with van der Waals surface area (Å²) in [6.45, 7) is 1.46. The minimum Gasteiger partial charge on any atom is -0.484 e. The maximum absolute atomic E-state index is 12.5. The van der Waals surface area contributed by atoms with Crippen LogP contribution in [0.4, 0.5) is 13.2 Å². The maximum atomic E-state index is 12.5. The minimum absolute atomic E-state index is 0.0134. The number of sulfone groups is 1. The lowest BCUT2D eigenvalue weighted by Crippen LogP contribution is -2.51. The molecule has 9 heteroatoms. The third kappa shape index (κ3) is 6.07. The molecule has 0 saturated carbocycles. The van der Waals surface area contributed by atoms with E-state index in [9.17, 15) is 21.6 Å². The zero-order chi connectivity index (χ0) is 23.6. The van der Waals surface area contributed by atoms with E-state index in [1.165, 1.54) is 11.8 Å². The van der Waals surface area contributed by atoms with E-state index in [0.29, 0.717) is 12.3 Å². The lowest BCUT2D eigenvalue weighted by Gasteiger charge is -2.39. The van der Waals surface area contributed by atoms with Crippen LogP contribution >= 0.6 is 0 Å². The molecule has 1 N–H and O–H groups in total. The predicted molar refractivity (Wildman–Crippen MR) is 120 cm³/mol. The van der Waals surface area contributed by atoms with Crippen molar-refractivity contribution >= 4 is 9.84 Å². The van der Waals surface area contributed by atoms with Crippen LogP contribution in [0.5, 0.6) is 5.75 Å². The van der Waals surface area contributed by atoms with Gasteiger partial charge in [0.1, 0.15) is 11.9 Å². The van der Waals surface area contributed by atoms with Crippen LogP contribution in [0, 0.1) is 0 Å². The number of rotatable bonds is 7. The summed E-state index contributed by atoms with van der Waals surface area (Å²) in [6, 6.07) is 14.6. The monoisotopic (exact) mass is 482 g/mol. The molecule has 0 aromatic heterocycles. The Balaban J connectivity index is 1.48. The third-order valence-corrected chi connectivity index (χ3v) is 7.55. The third-order valence-electron chi connectivity index (χ3n) is 6.42. The molecule has 4 rings (SSSR count). The van der Waals surface area contributed by atoms with E-state index in [-0.39, 0.29) is 29.6 Å². The summed E-state index contributed by atoms with van der Waals surface area (Å²) in [7, 11) is -3.29. The maximum Gasteiger partial charge on any atom is 0.390 e. The van der Waals surface area contributed by atoms with Crippen molar-refractivity contribution < 1.29 is 26.3 Å². The van der Waals surface area contributed by atoms with E-state index < -0.39 is 22.4 Å². The summed E-state index contributed by atoms with van der Waals surface area (Å²) < 4.78 is 67.5. The van der Waals surface area contributed by atoms with Gasteiger partial charge in [0.25, 0.3) is 0 Å². The fourth-order valence-corrected chi connectivity index (χ4v) is 5.43. The Bertz CT molecular complexity index is 1060. The molecular formula is C24H29F3N2O3S. The zero-order valence-corrected chi connectivity index (χ0v) is 19.3. The molecule has 1 aliphatic carbocycles. The lowest BCUT2D eigenvalue weighted by atomic mass is 10.0. The molecule has 3 atom stereocenters. The molecule has 2 aliphatic rings. The molecule has 0 spiro atoms. The molecule has 2 aromatic carbocycles. The summed E-state index contributed by atoms with van der Waals surface area (Å²) in [5, 5.41) is 3.08. The quantitative estimate of drug-likeness (QED) is 0.643. The summed E-state index contributed by atoms with van der Waals surface area (Å²) in [4.78, 5) is 2.56. The smallest absolute Gasteiger partial charge is 0.390 e. The summed E-state index contributed by atoms with van der Waals surface area (Å²) in [5.41, 5.74) is 2.30. The van der Waals surface area contributed by atoms with Crippen LogP contribution in [0.15, 0.2) is 53.4 Å². The van der Waals surface area contributed by atoms with Crippen LogP contribution in [-0.2, 0) is 16.3 Å². The van der Waals surface area contributed by atoms with Crippen molar-refractivity contribution in [3.63, 3.8) is 0 Å². The van der Waals surface area contributed by atoms with Gasteiger partial charge in [-0.05, 0) is 61.2 Å². The van der Waals surface area contributed by atoms with Crippen LogP contribution in [0.3, 0.4) is 0 Å². The molecule has 0 bridgehead atoms. The van der Waals surface area contributed by atoms with E-state index in [4.69, 9.17) is 4.74 Å². The van der Waals surface area contributed by atoms with Crippen LogP contribution < -0.4 is 10.1 Å². The van der Waals surface area contributed by atoms with Crippen molar-refractivity contribution in [2.45, 2.75) is 54.9 Å². The summed E-state index contributed by atoms with van der Waals surface area (Å²) >= 11 is 0. The topological polar surface area (TPSA) is 58.6 Å². The molecule has 2 aromatic rings. The molecular weight excluding hydrogens is 453 g/mol. The number of halogens is 3. The van der Waals surface area contributed by atoms with Gasteiger partial charge in [-0.2, -0.15) is 13.2 Å². The van der Waals surface area contributed by atoms with Gasteiger partial charge in [-0.25, -0.2) is 8.42 Å². The Morgan fingerprint density at radius 2 is 1.85 bits per heavy atom. The molecule has 1 saturated heterocycles. The molecule has 1 fully saturated rings. The second-order valence-corrected chi connectivity index (χ2v) is 10.9. The largest absolute Gasteiger partial charge is 0.484 e. The number of alkyl halides is 3. The Morgan fingerprint density at radius 1 is 1.12 bits per heavy atom. The van der Waals surface area contributed by atoms with Crippen LogP contribution in [0.25, 0.3) is 0 Å². The molecule has 5 nitrogen and oxygen atoms in total. The van der Waals surface area contributed by atoms with E-state index in [2.05, 4.69) is 16.3 Å². The van der Waals surface area contributed by atoms with Crippen LogP contribution in [0.1, 0.15) is 36.5 Å². The first-order chi connectivity index (χ1) is 15.6. The van der Waals surface area contributed by atoms with Gasteiger partial charge in [0, 0.05) is 25.4 Å². The molecule has 0 unspecified atom stereocenters. The SMILES string of the molecule is CS(=O)(=O)c1ccc(O[C@@H]2c3ccccc3C[C@@H]2N2CCC[C@@H](NCCC(F)(F)F)C2)cc1. The number of fused-ring (bicyclic) bond motifs is 1. The van der Waals surface area contributed by atoms with Crippen molar-refractivity contribution in [1.29, 1.82) is 0 Å².